The first-order valence-corrected chi connectivity index (χ1v) is 17.6. The molecule has 4 saturated carbocycles. The van der Waals surface area contributed by atoms with Crippen molar-refractivity contribution in [2.24, 2.45) is 52.3 Å². The molecular weight excluding hydrogens is 556 g/mol. The molecule has 0 bridgehead atoms. The van der Waals surface area contributed by atoms with Gasteiger partial charge in [-0.2, -0.15) is 0 Å². The highest BCUT2D eigenvalue weighted by Gasteiger charge is 2.61. The third kappa shape index (κ3) is 7.66. The number of hydrogen-bond acceptors (Lipinski definition) is 7. The number of aliphatic hydroxyl groups excluding tert-OH is 1. The Morgan fingerprint density at radius 2 is 1.34 bits per heavy atom. The normalized spacial score (nSPS) is 37.4. The molecule has 7 nitrogen and oxygen atoms in total. The Hall–Kier alpha value is -1.63. The molecular formula is C37H62O7. The highest BCUT2D eigenvalue weighted by molar-refractivity contribution is 5.80. The average molecular weight is 619 g/mol. The third-order valence-corrected chi connectivity index (χ3v) is 12.3. The molecule has 4 fully saturated rings. The van der Waals surface area contributed by atoms with Crippen LogP contribution in [0.3, 0.4) is 0 Å². The average Bonchev–Trinajstić information content (AvgIpc) is 3.22. The van der Waals surface area contributed by atoms with Gasteiger partial charge in [0.1, 0.15) is 17.3 Å². The number of rotatable bonds is 8. The zero-order valence-corrected chi connectivity index (χ0v) is 29.4. The van der Waals surface area contributed by atoms with Crippen molar-refractivity contribution in [1.82, 2.24) is 0 Å². The summed E-state index contributed by atoms with van der Waals surface area (Å²) in [5.41, 5.74) is -0.567. The Labute approximate surface area is 266 Å². The van der Waals surface area contributed by atoms with Crippen LogP contribution < -0.4 is 0 Å². The summed E-state index contributed by atoms with van der Waals surface area (Å²) in [6.45, 7) is 20.0. The Kier molecular flexibility index (Phi) is 10.3. The van der Waals surface area contributed by atoms with Gasteiger partial charge in [-0.25, -0.2) is 0 Å². The maximum atomic E-state index is 13.2. The predicted molar refractivity (Wildman–Crippen MR) is 170 cm³/mol. The molecule has 0 amide bonds. The molecule has 0 saturated heterocycles. The number of carbonyl (C=O) groups excluding carboxylic acids is 3. The van der Waals surface area contributed by atoms with Gasteiger partial charge in [0.25, 0.3) is 0 Å². The second-order valence-corrected chi connectivity index (χ2v) is 17.6. The highest BCUT2D eigenvalue weighted by Crippen LogP contribution is 2.68. The van der Waals surface area contributed by atoms with E-state index in [1.807, 2.05) is 20.8 Å². The van der Waals surface area contributed by atoms with Gasteiger partial charge >= 0.3 is 17.9 Å². The van der Waals surface area contributed by atoms with Crippen LogP contribution in [0.1, 0.15) is 140 Å². The molecule has 4 aliphatic rings. The van der Waals surface area contributed by atoms with E-state index in [0.717, 1.165) is 31.6 Å². The van der Waals surface area contributed by atoms with E-state index in [-0.39, 0.29) is 29.3 Å². The second-order valence-electron chi connectivity index (χ2n) is 17.6. The maximum absolute atomic E-state index is 13.2. The zero-order valence-electron chi connectivity index (χ0n) is 29.4. The van der Waals surface area contributed by atoms with E-state index in [1.165, 1.54) is 39.0 Å². The van der Waals surface area contributed by atoms with E-state index in [4.69, 9.17) is 14.2 Å². The fraction of sp³-hybridized carbons (Fsp3) is 0.919. The summed E-state index contributed by atoms with van der Waals surface area (Å²) in [4.78, 5) is 38.3. The molecule has 4 rings (SSSR count). The van der Waals surface area contributed by atoms with Crippen molar-refractivity contribution in [2.45, 2.75) is 163 Å². The summed E-state index contributed by atoms with van der Waals surface area (Å²) in [6, 6.07) is 0. The standard InChI is InChI=1S/C37H62O7/c1-22(19-31(39)43-34(3,4)5)28-13-14-29-26-12-11-24-20-25(15-17-36(24,9)30(26)16-18-37(28,29)10)42-33(41)27(23(2)38)21-32(40)44-35(6,7)8/h22-30,38H,11-21H2,1-10H3/t22-,23?,24?,25-,26?,27+,28?,29?,30?,36+,37-/m1/s1. The molecule has 0 aromatic heterocycles. The summed E-state index contributed by atoms with van der Waals surface area (Å²) in [7, 11) is 0. The van der Waals surface area contributed by atoms with Crippen LogP contribution >= 0.6 is 0 Å². The molecule has 1 N–H and O–H groups in total. The van der Waals surface area contributed by atoms with Gasteiger partial charge in [0.05, 0.1) is 18.4 Å². The minimum Gasteiger partial charge on any atom is -0.462 e. The largest absolute Gasteiger partial charge is 0.462 e. The summed E-state index contributed by atoms with van der Waals surface area (Å²) in [6.07, 6.45) is 9.24. The monoisotopic (exact) mass is 618 g/mol. The smallest absolute Gasteiger partial charge is 0.312 e. The van der Waals surface area contributed by atoms with E-state index in [9.17, 15) is 19.5 Å². The molecule has 252 valence electrons. The van der Waals surface area contributed by atoms with Gasteiger partial charge in [0, 0.05) is 6.42 Å². The maximum Gasteiger partial charge on any atom is 0.312 e. The van der Waals surface area contributed by atoms with Crippen LogP contribution in [0.2, 0.25) is 0 Å². The SMILES string of the molecule is CC(O)[C@H](CC(=O)OC(C)(C)C)C(=O)O[C@@H]1CC[C@@]2(C)C(CCC3C2CC[C@@]2(C)C3CCC2[C@H](C)CC(=O)OC(C)(C)C)C1. The number of esters is 3. The molecule has 11 atom stereocenters. The van der Waals surface area contributed by atoms with Crippen LogP contribution in [0.15, 0.2) is 0 Å². The number of hydrogen-bond donors (Lipinski definition) is 1. The van der Waals surface area contributed by atoms with Gasteiger partial charge in [-0.05, 0) is 153 Å². The van der Waals surface area contributed by atoms with E-state index in [1.54, 1.807) is 20.8 Å². The van der Waals surface area contributed by atoms with Gasteiger partial charge in [-0.3, -0.25) is 14.4 Å². The van der Waals surface area contributed by atoms with Gasteiger partial charge < -0.3 is 19.3 Å². The first kappa shape index (κ1) is 35.2. The van der Waals surface area contributed by atoms with E-state index < -0.39 is 35.2 Å². The number of aliphatic hydroxyl groups is 1. The predicted octanol–water partition coefficient (Wildman–Crippen LogP) is 7.65. The van der Waals surface area contributed by atoms with Crippen LogP contribution in [0.4, 0.5) is 0 Å². The molecule has 0 aromatic rings. The topological polar surface area (TPSA) is 99.1 Å². The van der Waals surface area contributed by atoms with Gasteiger partial charge in [0.15, 0.2) is 0 Å². The molecule has 0 heterocycles. The van der Waals surface area contributed by atoms with Crippen molar-refractivity contribution in [3.05, 3.63) is 0 Å². The van der Waals surface area contributed by atoms with Gasteiger partial charge in [0.2, 0.25) is 0 Å². The summed E-state index contributed by atoms with van der Waals surface area (Å²) >= 11 is 0. The van der Waals surface area contributed by atoms with E-state index >= 15 is 0 Å². The summed E-state index contributed by atoms with van der Waals surface area (Å²) in [5.74, 6) is 1.55. The fourth-order valence-corrected chi connectivity index (χ4v) is 10.4. The molecule has 7 heteroatoms. The summed E-state index contributed by atoms with van der Waals surface area (Å²) in [5, 5.41) is 10.3. The number of fused-ring (bicyclic) bond motifs is 5. The number of ether oxygens (including phenoxy) is 3. The Bertz CT molecular complexity index is 1050. The molecule has 6 unspecified atom stereocenters. The minimum atomic E-state index is -0.988. The molecule has 0 aromatic carbocycles. The van der Waals surface area contributed by atoms with Crippen molar-refractivity contribution < 1.29 is 33.7 Å². The Balaban J connectivity index is 1.37. The highest BCUT2D eigenvalue weighted by atomic mass is 16.6. The molecule has 0 radical (unpaired) electrons. The Morgan fingerprint density at radius 1 is 0.773 bits per heavy atom. The van der Waals surface area contributed by atoms with E-state index in [0.29, 0.717) is 36.0 Å². The Morgan fingerprint density at radius 3 is 1.93 bits per heavy atom. The van der Waals surface area contributed by atoms with Gasteiger partial charge in [-0.15, -0.1) is 0 Å². The number of carbonyl (C=O) groups is 3. The zero-order chi connectivity index (χ0) is 32.8. The van der Waals surface area contributed by atoms with Gasteiger partial charge in [-0.1, -0.05) is 20.8 Å². The minimum absolute atomic E-state index is 0.0687. The fourth-order valence-electron chi connectivity index (χ4n) is 10.4. The molecule has 4 aliphatic carbocycles. The lowest BCUT2D eigenvalue weighted by Gasteiger charge is -2.61. The first-order chi connectivity index (χ1) is 20.2. The molecule has 44 heavy (non-hydrogen) atoms. The molecule has 0 spiro atoms. The van der Waals surface area contributed by atoms with Crippen molar-refractivity contribution in [3.8, 4) is 0 Å². The van der Waals surface area contributed by atoms with Crippen molar-refractivity contribution in [1.29, 1.82) is 0 Å². The van der Waals surface area contributed by atoms with Crippen molar-refractivity contribution >= 4 is 17.9 Å². The first-order valence-electron chi connectivity index (χ1n) is 17.6. The quantitative estimate of drug-likeness (QED) is 0.220. The van der Waals surface area contributed by atoms with E-state index in [2.05, 4.69) is 20.8 Å². The van der Waals surface area contributed by atoms with Crippen LogP contribution in [0, 0.1) is 52.3 Å². The summed E-state index contributed by atoms with van der Waals surface area (Å²) < 4.78 is 17.1. The third-order valence-electron chi connectivity index (χ3n) is 12.3. The lowest BCUT2D eigenvalue weighted by atomic mass is 9.44. The van der Waals surface area contributed by atoms with Crippen LogP contribution in [-0.4, -0.2) is 46.4 Å². The van der Waals surface area contributed by atoms with Crippen LogP contribution in [0.25, 0.3) is 0 Å². The molecule has 0 aliphatic heterocycles. The van der Waals surface area contributed by atoms with Crippen LogP contribution in [-0.2, 0) is 28.6 Å². The second kappa shape index (κ2) is 12.9. The lowest BCUT2D eigenvalue weighted by Crippen LogP contribution is -2.54. The van der Waals surface area contributed by atoms with Crippen LogP contribution in [0.5, 0.6) is 0 Å². The lowest BCUT2D eigenvalue weighted by molar-refractivity contribution is -0.174. The van der Waals surface area contributed by atoms with Crippen molar-refractivity contribution in [3.63, 3.8) is 0 Å². The van der Waals surface area contributed by atoms with Crippen molar-refractivity contribution in [2.75, 3.05) is 0 Å².